The Bertz CT molecular complexity index is 1270. The smallest absolute Gasteiger partial charge is 0.339 e. The summed E-state index contributed by atoms with van der Waals surface area (Å²) in [7, 11) is 0. The van der Waals surface area contributed by atoms with Gasteiger partial charge in [0.1, 0.15) is 0 Å². The van der Waals surface area contributed by atoms with Gasteiger partial charge < -0.3 is 10.1 Å². The maximum Gasteiger partial charge on any atom is 0.339 e. The van der Waals surface area contributed by atoms with Crippen molar-refractivity contribution in [2.45, 2.75) is 19.3 Å². The number of ether oxygens (including phenoxy) is 1. The van der Waals surface area contributed by atoms with E-state index in [4.69, 9.17) is 4.74 Å². The fourth-order valence-electron chi connectivity index (χ4n) is 3.94. The molecule has 1 aromatic heterocycles. The van der Waals surface area contributed by atoms with Crippen LogP contribution in [-0.4, -0.2) is 40.1 Å². The number of carbonyl (C=O) groups excluding carboxylic acids is 2. The zero-order valence-electron chi connectivity index (χ0n) is 17.2. The number of amides is 1. The van der Waals surface area contributed by atoms with Gasteiger partial charge in [0, 0.05) is 16.8 Å². The van der Waals surface area contributed by atoms with Gasteiger partial charge in [-0.15, -0.1) is 5.10 Å². The third-order valence-electron chi connectivity index (χ3n) is 5.42. The van der Waals surface area contributed by atoms with Crippen LogP contribution in [0.1, 0.15) is 33.6 Å². The van der Waals surface area contributed by atoms with Crippen LogP contribution in [0.15, 0.2) is 64.8 Å². The van der Waals surface area contributed by atoms with Gasteiger partial charge in [-0.05, 0) is 36.5 Å². The van der Waals surface area contributed by atoms with Crippen LogP contribution in [0.5, 0.6) is 0 Å². The van der Waals surface area contributed by atoms with E-state index >= 15 is 0 Å². The summed E-state index contributed by atoms with van der Waals surface area (Å²) >= 11 is 1.38. The average Bonchev–Trinajstić information content (AvgIpc) is 3.30. The van der Waals surface area contributed by atoms with E-state index in [0.29, 0.717) is 16.5 Å². The lowest BCUT2D eigenvalue weighted by Crippen LogP contribution is -2.34. The minimum absolute atomic E-state index is 0.390. The molecular weight excluding hydrogens is 424 g/mol. The number of rotatable bonds is 4. The summed E-state index contributed by atoms with van der Waals surface area (Å²) in [6, 6.07) is 17.3. The summed E-state index contributed by atoms with van der Waals surface area (Å²) in [6.45, 7) is -0.390. The molecule has 0 atom stereocenters. The van der Waals surface area contributed by atoms with Crippen LogP contribution in [0.4, 0.5) is 0 Å². The fraction of sp³-hybridized carbons (Fsp3) is 0.208. The zero-order chi connectivity index (χ0) is 21.9. The Morgan fingerprint density at radius 1 is 1.00 bits per heavy atom. The van der Waals surface area contributed by atoms with Crippen molar-refractivity contribution in [2.24, 2.45) is 10.2 Å². The van der Waals surface area contributed by atoms with Crippen molar-refractivity contribution in [3.8, 4) is 0 Å². The third-order valence-corrected chi connectivity index (χ3v) is 6.29. The topological polar surface area (TPSA) is 93.0 Å². The summed E-state index contributed by atoms with van der Waals surface area (Å²) in [4.78, 5) is 30.0. The van der Waals surface area contributed by atoms with Gasteiger partial charge in [0.05, 0.1) is 16.8 Å². The Morgan fingerprint density at radius 3 is 2.62 bits per heavy atom. The van der Waals surface area contributed by atoms with Gasteiger partial charge in [0.25, 0.3) is 5.91 Å². The van der Waals surface area contributed by atoms with Gasteiger partial charge in [-0.2, -0.15) is 5.10 Å². The quantitative estimate of drug-likeness (QED) is 0.622. The molecule has 0 bridgehead atoms. The molecule has 2 aromatic carbocycles. The van der Waals surface area contributed by atoms with E-state index in [0.717, 1.165) is 52.7 Å². The van der Waals surface area contributed by atoms with Crippen molar-refractivity contribution >= 4 is 45.4 Å². The molecule has 2 aliphatic rings. The van der Waals surface area contributed by atoms with Gasteiger partial charge in [-0.3, -0.25) is 9.78 Å². The Balaban J connectivity index is 1.25. The number of esters is 1. The van der Waals surface area contributed by atoms with Gasteiger partial charge >= 0.3 is 5.97 Å². The lowest BCUT2D eigenvalue weighted by atomic mass is 10.0. The number of carbonyl (C=O) groups is 2. The molecule has 7 nitrogen and oxygen atoms in total. The van der Waals surface area contributed by atoms with Gasteiger partial charge in [0.15, 0.2) is 11.8 Å². The molecule has 1 N–H and O–H groups in total. The second-order valence-electron chi connectivity index (χ2n) is 7.51. The standard InChI is InChI=1S/C24H20N4O3S/c29-21(26-24-28-27-20(14-32-24)15-7-2-1-3-8-15)13-31-23(30)22-16-9-4-5-11-18(16)25-19-12-6-10-17(19)22/h1-5,7-9,11H,6,10,12-14H2,(H,26,28,29). The normalized spacial score (nSPS) is 15.0. The number of hydrogen-bond donors (Lipinski definition) is 1. The van der Waals surface area contributed by atoms with E-state index in [1.807, 2.05) is 54.6 Å². The van der Waals surface area contributed by atoms with Gasteiger partial charge in [-0.1, -0.05) is 60.3 Å². The number of nitrogens with one attached hydrogen (secondary N) is 1. The highest BCUT2D eigenvalue weighted by Crippen LogP contribution is 2.30. The maximum absolute atomic E-state index is 12.9. The molecule has 160 valence electrons. The van der Waals surface area contributed by atoms with E-state index in [9.17, 15) is 9.59 Å². The molecule has 1 aliphatic carbocycles. The Hall–Kier alpha value is -3.52. The maximum atomic E-state index is 12.9. The van der Waals surface area contributed by atoms with Crippen LogP contribution < -0.4 is 5.32 Å². The number of para-hydroxylation sites is 1. The monoisotopic (exact) mass is 444 g/mol. The highest BCUT2D eigenvalue weighted by molar-refractivity contribution is 8.14. The molecule has 0 spiro atoms. The van der Waals surface area contributed by atoms with Gasteiger partial charge in [-0.25, -0.2) is 4.79 Å². The first-order chi connectivity index (χ1) is 15.7. The van der Waals surface area contributed by atoms with Crippen molar-refractivity contribution in [3.63, 3.8) is 0 Å². The molecule has 5 rings (SSSR count). The molecule has 0 saturated carbocycles. The molecule has 1 amide bonds. The molecule has 8 heteroatoms. The number of amidine groups is 1. The molecule has 0 fully saturated rings. The van der Waals surface area contributed by atoms with Crippen LogP contribution in [0.25, 0.3) is 10.9 Å². The Morgan fingerprint density at radius 2 is 1.81 bits per heavy atom. The molecule has 3 aromatic rings. The van der Waals surface area contributed by atoms with E-state index in [1.54, 1.807) is 0 Å². The summed E-state index contributed by atoms with van der Waals surface area (Å²) < 4.78 is 5.38. The second-order valence-corrected chi connectivity index (χ2v) is 8.48. The SMILES string of the molecule is O=C(COC(=O)c1c2c(nc3ccccc13)CCC2)NC1=NN=C(c2ccccc2)CS1. The minimum Gasteiger partial charge on any atom is -0.452 e. The zero-order valence-corrected chi connectivity index (χ0v) is 18.0. The summed E-state index contributed by atoms with van der Waals surface area (Å²) in [5, 5.41) is 12.1. The number of hydrogen-bond acceptors (Lipinski definition) is 7. The Labute approximate surface area is 189 Å². The van der Waals surface area contributed by atoms with Crippen molar-refractivity contribution in [3.05, 3.63) is 77.0 Å². The lowest BCUT2D eigenvalue weighted by Gasteiger charge is -2.14. The largest absolute Gasteiger partial charge is 0.452 e. The molecule has 32 heavy (non-hydrogen) atoms. The average molecular weight is 445 g/mol. The van der Waals surface area contributed by atoms with Crippen molar-refractivity contribution < 1.29 is 14.3 Å². The van der Waals surface area contributed by atoms with E-state index in [2.05, 4.69) is 20.5 Å². The van der Waals surface area contributed by atoms with Crippen LogP contribution in [-0.2, 0) is 22.4 Å². The predicted molar refractivity (Wildman–Crippen MR) is 125 cm³/mol. The first-order valence-electron chi connectivity index (χ1n) is 10.4. The molecule has 0 saturated heterocycles. The van der Waals surface area contributed by atoms with E-state index in [1.165, 1.54) is 11.8 Å². The number of pyridine rings is 1. The Kier molecular flexibility index (Phi) is 5.68. The first-order valence-corrected chi connectivity index (χ1v) is 11.4. The first kappa shape index (κ1) is 20.4. The van der Waals surface area contributed by atoms with Crippen LogP contribution >= 0.6 is 11.8 Å². The molecule has 0 radical (unpaired) electrons. The summed E-state index contributed by atoms with van der Waals surface area (Å²) in [5.41, 5.74) is 5.02. The van der Waals surface area contributed by atoms with Crippen molar-refractivity contribution in [1.82, 2.24) is 10.3 Å². The molecular formula is C24H20N4O3S. The van der Waals surface area contributed by atoms with E-state index in [-0.39, 0.29) is 6.61 Å². The number of nitrogens with zero attached hydrogens (tertiary/aromatic N) is 3. The lowest BCUT2D eigenvalue weighted by molar-refractivity contribution is -0.122. The minimum atomic E-state index is -0.500. The number of aromatic nitrogens is 1. The summed E-state index contributed by atoms with van der Waals surface area (Å²) in [5.74, 6) is -0.351. The van der Waals surface area contributed by atoms with Gasteiger partial charge in [0.2, 0.25) is 0 Å². The fourth-order valence-corrected chi connectivity index (χ4v) is 4.72. The number of thioether (sulfide) groups is 1. The van der Waals surface area contributed by atoms with Crippen molar-refractivity contribution in [2.75, 3.05) is 12.4 Å². The molecule has 0 unspecified atom stereocenters. The predicted octanol–water partition coefficient (Wildman–Crippen LogP) is 3.50. The van der Waals surface area contributed by atoms with Crippen molar-refractivity contribution in [1.29, 1.82) is 0 Å². The highest BCUT2D eigenvalue weighted by atomic mass is 32.2. The van der Waals surface area contributed by atoms with E-state index < -0.39 is 11.9 Å². The summed E-state index contributed by atoms with van der Waals surface area (Å²) in [6.07, 6.45) is 2.60. The number of fused-ring (bicyclic) bond motifs is 2. The highest BCUT2D eigenvalue weighted by Gasteiger charge is 2.25. The second kappa shape index (κ2) is 8.92. The number of aryl methyl sites for hydroxylation is 1. The third kappa shape index (κ3) is 4.13. The number of benzene rings is 2. The van der Waals surface area contributed by atoms with Crippen LogP contribution in [0, 0.1) is 0 Å². The van der Waals surface area contributed by atoms with Crippen LogP contribution in [0.2, 0.25) is 0 Å². The molecule has 2 heterocycles. The van der Waals surface area contributed by atoms with Crippen LogP contribution in [0.3, 0.4) is 0 Å². The molecule has 1 aliphatic heterocycles.